The number of carbonyl (C=O) groups is 2. The maximum atomic E-state index is 11.0. The van der Waals surface area contributed by atoms with Gasteiger partial charge in [0.05, 0.1) is 87.8 Å². The average molecular weight is 1980 g/mol. The number of unbranched alkanes of at least 4 members (excludes halogenated alkanes) is 27. The lowest BCUT2D eigenvalue weighted by Crippen LogP contribution is -1.92. The number of rotatable bonds is 49. The molecule has 11 aromatic rings. The monoisotopic (exact) mass is 1970 g/mol. The molecule has 0 aliphatic heterocycles. The quantitative estimate of drug-likeness (QED) is 0.0227. The average Bonchev–Trinajstić information content (AvgIpc) is 1.68. The van der Waals surface area contributed by atoms with Crippen molar-refractivity contribution in [2.75, 3.05) is 10.6 Å². The van der Waals surface area contributed by atoms with E-state index in [1.165, 1.54) is 223 Å². The molecule has 0 bridgehead atoms. The molecular weight excluding hydrogens is 1840 g/mol. The summed E-state index contributed by atoms with van der Waals surface area (Å²) in [7, 11) is 0. The molecule has 9 aromatic heterocycles. The van der Waals surface area contributed by atoms with Crippen molar-refractivity contribution in [2.45, 2.75) is 351 Å². The van der Waals surface area contributed by atoms with Gasteiger partial charge in [-0.15, -0.1) is 102 Å². The van der Waals surface area contributed by atoms with Crippen molar-refractivity contribution in [3.05, 3.63) is 252 Å². The summed E-state index contributed by atoms with van der Waals surface area (Å²) in [4.78, 5) is 41.6. The maximum absolute atomic E-state index is 11.0. The maximum Gasteiger partial charge on any atom is 0.211 e. The largest absolute Gasteiger partial charge is 0.329 e. The third-order valence-electron chi connectivity index (χ3n) is 24.2. The summed E-state index contributed by atoms with van der Waals surface area (Å²) in [5.74, 6) is 73.2. The molecule has 0 aliphatic rings. The topological polar surface area (TPSA) is 58.2 Å². The minimum Gasteiger partial charge on any atom is -0.329 e. The first-order chi connectivity index (χ1) is 67.4. The van der Waals surface area contributed by atoms with Gasteiger partial charge in [0.2, 0.25) is 12.8 Å². The van der Waals surface area contributed by atoms with Gasteiger partial charge < -0.3 is 10.6 Å². The van der Waals surface area contributed by atoms with Gasteiger partial charge in [0.25, 0.3) is 0 Å². The second-order valence-electron chi connectivity index (χ2n) is 35.7. The van der Waals surface area contributed by atoms with Crippen molar-refractivity contribution in [1.82, 2.24) is 0 Å². The molecule has 2 aromatic carbocycles. The first kappa shape index (κ1) is 108. The highest BCUT2D eigenvalue weighted by Crippen LogP contribution is 2.35. The summed E-state index contributed by atoms with van der Waals surface area (Å²) < 4.78 is 0. The molecule has 0 spiro atoms. The summed E-state index contributed by atoms with van der Waals surface area (Å²) in [5, 5.41) is 5.43. The predicted molar refractivity (Wildman–Crippen MR) is 602 cm³/mol. The normalized spacial score (nSPS) is 10.6. The molecule has 0 atom stereocenters. The summed E-state index contributed by atoms with van der Waals surface area (Å²) in [6.45, 7) is 20.5. The Morgan fingerprint density at radius 1 is 0.182 bits per heavy atom. The zero-order valence-corrected chi connectivity index (χ0v) is 90.1. The van der Waals surface area contributed by atoms with Crippen LogP contribution in [0.25, 0.3) is 0 Å². The van der Waals surface area contributed by atoms with Gasteiger partial charge in [-0.3, -0.25) is 9.59 Å². The van der Waals surface area contributed by atoms with Crippen LogP contribution in [0.5, 0.6) is 0 Å². The Balaban J connectivity index is 0.867. The zero-order valence-electron chi connectivity index (χ0n) is 82.8. The Morgan fingerprint density at radius 3 is 0.460 bits per heavy atom. The van der Waals surface area contributed by atoms with E-state index >= 15 is 0 Å². The van der Waals surface area contributed by atoms with Crippen LogP contribution in [0.4, 0.5) is 11.4 Å². The number of hydrogen-bond acceptors (Lipinski definition) is 11. The molecule has 0 saturated carbocycles. The van der Waals surface area contributed by atoms with Gasteiger partial charge in [0.1, 0.15) is 0 Å². The van der Waals surface area contributed by atoms with Gasteiger partial charge in [0, 0.05) is 22.5 Å². The molecule has 2 amide bonds. The van der Waals surface area contributed by atoms with E-state index in [-0.39, 0.29) is 0 Å². The van der Waals surface area contributed by atoms with Crippen LogP contribution in [0.2, 0.25) is 0 Å². The number of thiophene rings is 9. The van der Waals surface area contributed by atoms with Gasteiger partial charge in [-0.25, -0.2) is 0 Å². The molecule has 0 aliphatic carbocycles. The fourth-order valence-corrected chi connectivity index (χ4v) is 24.6. The molecule has 710 valence electrons. The van der Waals surface area contributed by atoms with Gasteiger partial charge in [-0.2, -0.15) is 0 Å². The third kappa shape index (κ3) is 37.4. The Labute approximate surface area is 860 Å². The lowest BCUT2D eigenvalue weighted by atomic mass is 10.1. The van der Waals surface area contributed by atoms with Gasteiger partial charge in [-0.05, 0) is 364 Å². The number of nitrogens with one attached hydrogen (secondary N) is 2. The van der Waals surface area contributed by atoms with Crippen molar-refractivity contribution < 1.29 is 9.59 Å². The SMILES string of the molecule is CCCCCCc1cc(C#Cc2ccc(NC=O)cc2)sc1C#Cc1cc(CCCCCC)c(C#Cc2cc(CCCCCC)c(C#Cc3cc(CCCCCC)c(C#Cc4cc(CCCCCC)c(C#Cc5sc(C#Cc6sc(C#Cc7sc(C#Cc8sc(C#Cc9ccc(NC=O)cc9)cc8CCCCCC)cc7CCCCCC)cc6CCCCCC)cc5CCCCCC)s4)s3)s2)s1. The van der Waals surface area contributed by atoms with E-state index in [4.69, 9.17) is 0 Å². The molecule has 9 heterocycles. The number of benzene rings is 2. The van der Waals surface area contributed by atoms with E-state index in [2.05, 4.69) is 246 Å². The first-order valence-corrected chi connectivity index (χ1v) is 58.7. The highest BCUT2D eigenvalue weighted by atomic mass is 32.1. The Hall–Kier alpha value is -9.72. The molecule has 2 N–H and O–H groups in total. The summed E-state index contributed by atoms with van der Waals surface area (Å²) >= 11 is 15.6. The fourth-order valence-electron chi connectivity index (χ4n) is 16.4. The van der Waals surface area contributed by atoms with Crippen molar-refractivity contribution in [1.29, 1.82) is 0 Å². The molecule has 4 nitrogen and oxygen atoms in total. The highest BCUT2D eigenvalue weighted by molar-refractivity contribution is 7.16. The molecule has 0 radical (unpaired) electrons. The molecule has 0 saturated heterocycles. The van der Waals surface area contributed by atoms with Crippen LogP contribution >= 0.6 is 102 Å². The van der Waals surface area contributed by atoms with Crippen molar-refractivity contribution in [3.63, 3.8) is 0 Å². The summed E-state index contributed by atoms with van der Waals surface area (Å²) in [6, 6.07) is 36.2. The molecule has 137 heavy (non-hydrogen) atoms. The number of anilines is 2. The van der Waals surface area contributed by atoms with Crippen LogP contribution in [0, 0.1) is 118 Å². The Kier molecular flexibility index (Phi) is 49.0. The smallest absolute Gasteiger partial charge is 0.211 e. The summed E-state index contributed by atoms with van der Waals surface area (Å²) in [6.07, 6.45) is 53.1. The number of aryl methyl sites for hydroxylation is 9. The zero-order chi connectivity index (χ0) is 96.1. The van der Waals surface area contributed by atoms with Crippen molar-refractivity contribution in [2.24, 2.45) is 0 Å². The second-order valence-corrected chi connectivity index (χ2v) is 45.1. The number of hydrogen-bond donors (Lipinski definition) is 2. The Morgan fingerprint density at radius 2 is 0.321 bits per heavy atom. The van der Waals surface area contributed by atoms with Crippen LogP contribution in [0.3, 0.4) is 0 Å². The third-order valence-corrected chi connectivity index (χ3v) is 33.3. The minimum absolute atomic E-state index is 0.696. The molecule has 11 rings (SSSR count). The van der Waals surface area contributed by atoms with Crippen LogP contribution < -0.4 is 10.6 Å². The lowest BCUT2D eigenvalue weighted by molar-refractivity contribution is -0.106. The van der Waals surface area contributed by atoms with Crippen molar-refractivity contribution >= 4 is 126 Å². The highest BCUT2D eigenvalue weighted by Gasteiger charge is 2.18. The lowest BCUT2D eigenvalue weighted by Gasteiger charge is -2.00. The number of amides is 2. The van der Waals surface area contributed by atoms with E-state index < -0.39 is 0 Å². The standard InChI is InChI=1S/C124H138N2O2S9/c1-10-19-28-37-46-96-83-107(65-59-94-55-61-105(62-56-94)125-92-127)129-116(96)74-67-109-85-98(48-39-30-21-12-3)118(131-109)76-69-111-87-100(50-41-32-23-14-5)120(133-111)78-71-113-89-102(52-43-34-25-16-7)122(135-113)80-73-115-91-104(54-45-36-27-18-9)124(137-115)82-81-123-103(53-44-35-26-17-8)90-114(136-123)72-79-121-101(51-42-33-24-15-6)88-112(134-121)70-77-119-99(49-40-31-22-13-4)86-110(132-119)68-75-117-97(47-38-29-20-11-2)84-108(130-117)66-60-95-57-63-106(64-58-95)126-93-128/h55-58,61-64,83-93H,10-54H2,1-9H3,(H,125,127)(H,126,128). The van der Waals surface area contributed by atoms with E-state index in [1.54, 1.807) is 102 Å². The Bertz CT molecular complexity index is 6320. The second kappa shape index (κ2) is 62.4. The fraction of sp³-hybridized carbons (Fsp3) is 0.435. The molecule has 0 fully saturated rings. The first-order valence-electron chi connectivity index (χ1n) is 51.4. The van der Waals surface area contributed by atoms with Crippen LogP contribution in [-0.2, 0) is 67.4 Å². The van der Waals surface area contributed by atoms with Crippen LogP contribution in [0.15, 0.2) is 103 Å². The van der Waals surface area contributed by atoms with Gasteiger partial charge in [-0.1, -0.05) is 259 Å². The van der Waals surface area contributed by atoms with Gasteiger partial charge >= 0.3 is 0 Å². The van der Waals surface area contributed by atoms with Gasteiger partial charge in [0.15, 0.2) is 0 Å². The van der Waals surface area contributed by atoms with E-state index in [0.29, 0.717) is 12.8 Å². The van der Waals surface area contributed by atoms with Crippen molar-refractivity contribution in [3.8, 4) is 118 Å². The molecule has 13 heteroatoms. The molecular formula is C124H138N2O2S9. The van der Waals surface area contributed by atoms with Crippen LogP contribution in [-0.4, -0.2) is 12.8 Å². The predicted octanol–water partition coefficient (Wildman–Crippen LogP) is 34.5. The van der Waals surface area contributed by atoms with E-state index in [0.717, 1.165) is 226 Å². The summed E-state index contributed by atoms with van der Waals surface area (Å²) in [5.41, 5.74) is 15.0. The minimum atomic E-state index is 0.696. The van der Waals surface area contributed by atoms with Crippen LogP contribution in [0.1, 0.15) is 442 Å². The van der Waals surface area contributed by atoms with E-state index in [9.17, 15) is 9.59 Å². The van der Waals surface area contributed by atoms with E-state index in [1.807, 2.05) is 48.5 Å². The molecule has 0 unspecified atom stereocenters. The number of carbonyl (C=O) groups excluding carboxylic acids is 2.